The van der Waals surface area contributed by atoms with Gasteiger partial charge in [-0.05, 0) is 37.2 Å². The maximum absolute atomic E-state index is 10.2. The Kier molecular flexibility index (Phi) is 3.78. The zero-order chi connectivity index (χ0) is 13.8. The second-order valence-electron chi connectivity index (χ2n) is 4.87. The minimum Gasteiger partial charge on any atom is -0.507 e. The first-order valence-electron chi connectivity index (χ1n) is 6.92. The van der Waals surface area contributed by atoms with Crippen LogP contribution in [0.4, 0.5) is 5.69 Å². The van der Waals surface area contributed by atoms with Crippen molar-refractivity contribution in [1.82, 2.24) is 15.5 Å². The number of hydrogen-bond acceptors (Lipinski definition) is 5. The Morgan fingerprint density at radius 3 is 2.90 bits per heavy atom. The van der Waals surface area contributed by atoms with Gasteiger partial charge in [0.2, 0.25) is 0 Å². The molecule has 1 saturated heterocycles. The van der Waals surface area contributed by atoms with E-state index < -0.39 is 0 Å². The number of nitrogens with zero attached hydrogens (tertiary/aromatic N) is 3. The Morgan fingerprint density at radius 1 is 1.10 bits per heavy atom. The second kappa shape index (κ2) is 5.88. The molecule has 20 heavy (non-hydrogen) atoms. The van der Waals surface area contributed by atoms with Crippen LogP contribution in [0.2, 0.25) is 0 Å². The van der Waals surface area contributed by atoms with Gasteiger partial charge in [-0.2, -0.15) is 10.2 Å². The smallest absolute Gasteiger partial charge is 0.127 e. The maximum Gasteiger partial charge on any atom is 0.127 e. The Balaban J connectivity index is 2.04. The van der Waals surface area contributed by atoms with Crippen molar-refractivity contribution < 1.29 is 5.11 Å². The van der Waals surface area contributed by atoms with E-state index in [2.05, 4.69) is 20.4 Å². The van der Waals surface area contributed by atoms with Crippen LogP contribution in [0.3, 0.4) is 0 Å². The summed E-state index contributed by atoms with van der Waals surface area (Å²) >= 11 is 0. The molecule has 1 aromatic heterocycles. The fourth-order valence-electron chi connectivity index (χ4n) is 2.58. The van der Waals surface area contributed by atoms with E-state index in [0.717, 1.165) is 43.9 Å². The van der Waals surface area contributed by atoms with Gasteiger partial charge in [0.05, 0.1) is 16.9 Å². The molecule has 2 heterocycles. The predicted molar refractivity (Wildman–Crippen MR) is 78.8 cm³/mol. The van der Waals surface area contributed by atoms with Crippen LogP contribution in [0.5, 0.6) is 5.75 Å². The van der Waals surface area contributed by atoms with Crippen LogP contribution in [-0.2, 0) is 0 Å². The summed E-state index contributed by atoms with van der Waals surface area (Å²) in [6, 6.07) is 9.33. The van der Waals surface area contributed by atoms with Crippen molar-refractivity contribution in [3.05, 3.63) is 36.5 Å². The number of phenolic OH excluding ortho intramolecular Hbond substituents is 1. The van der Waals surface area contributed by atoms with Crippen molar-refractivity contribution in [3.63, 3.8) is 0 Å². The molecule has 0 amide bonds. The third-order valence-electron chi connectivity index (χ3n) is 3.53. The largest absolute Gasteiger partial charge is 0.507 e. The molecule has 0 saturated carbocycles. The quantitative estimate of drug-likeness (QED) is 0.869. The van der Waals surface area contributed by atoms with Gasteiger partial charge in [0, 0.05) is 25.8 Å². The molecule has 2 aromatic rings. The number of aromatic nitrogens is 2. The molecular formula is C15H18N4O. The molecule has 1 aliphatic rings. The van der Waals surface area contributed by atoms with E-state index in [0.29, 0.717) is 5.69 Å². The fourth-order valence-corrected chi connectivity index (χ4v) is 2.58. The molecule has 3 rings (SSSR count). The van der Waals surface area contributed by atoms with E-state index in [1.165, 1.54) is 0 Å². The maximum atomic E-state index is 10.2. The van der Waals surface area contributed by atoms with Crippen LogP contribution >= 0.6 is 0 Å². The topological polar surface area (TPSA) is 61.3 Å². The van der Waals surface area contributed by atoms with Crippen molar-refractivity contribution in [2.45, 2.75) is 6.42 Å². The number of rotatable bonds is 2. The van der Waals surface area contributed by atoms with E-state index in [4.69, 9.17) is 0 Å². The Morgan fingerprint density at radius 2 is 2.05 bits per heavy atom. The SMILES string of the molecule is Oc1cccc(N2CCCNCC2)c1-c1cccnn1. The highest BCUT2D eigenvalue weighted by molar-refractivity contribution is 5.81. The van der Waals surface area contributed by atoms with Crippen LogP contribution in [0.15, 0.2) is 36.5 Å². The zero-order valence-corrected chi connectivity index (χ0v) is 11.3. The first-order chi connectivity index (χ1) is 9.86. The number of nitrogens with one attached hydrogen (secondary N) is 1. The normalized spacial score (nSPS) is 15.9. The van der Waals surface area contributed by atoms with Crippen LogP contribution < -0.4 is 10.2 Å². The summed E-state index contributed by atoms with van der Waals surface area (Å²) in [7, 11) is 0. The molecule has 1 aromatic carbocycles. The van der Waals surface area contributed by atoms with Crippen molar-refractivity contribution in [1.29, 1.82) is 0 Å². The van der Waals surface area contributed by atoms with Gasteiger partial charge in [-0.15, -0.1) is 0 Å². The molecule has 0 bridgehead atoms. The molecule has 1 fully saturated rings. The van der Waals surface area contributed by atoms with Gasteiger partial charge in [0.25, 0.3) is 0 Å². The molecule has 1 aliphatic heterocycles. The van der Waals surface area contributed by atoms with Crippen molar-refractivity contribution >= 4 is 5.69 Å². The third-order valence-corrected chi connectivity index (χ3v) is 3.53. The van der Waals surface area contributed by atoms with E-state index in [9.17, 15) is 5.11 Å². The van der Waals surface area contributed by atoms with E-state index in [1.54, 1.807) is 12.3 Å². The molecule has 5 heteroatoms. The Labute approximate surface area is 118 Å². The van der Waals surface area contributed by atoms with Crippen LogP contribution in [0.1, 0.15) is 6.42 Å². The van der Waals surface area contributed by atoms with Crippen LogP contribution in [-0.4, -0.2) is 41.5 Å². The standard InChI is InChI=1S/C15H18N4O/c20-14-6-1-5-13(19-10-3-7-16-9-11-19)15(14)12-4-2-8-17-18-12/h1-2,4-6,8,16,20H,3,7,9-11H2. The lowest BCUT2D eigenvalue weighted by Crippen LogP contribution is -2.28. The predicted octanol–water partition coefficient (Wildman–Crippen LogP) is 1.65. The summed E-state index contributed by atoms with van der Waals surface area (Å²) < 4.78 is 0. The monoisotopic (exact) mass is 270 g/mol. The number of hydrogen-bond donors (Lipinski definition) is 2. The highest BCUT2D eigenvalue weighted by Crippen LogP contribution is 2.36. The lowest BCUT2D eigenvalue weighted by molar-refractivity contribution is 0.477. The van der Waals surface area contributed by atoms with Gasteiger partial charge in [0.15, 0.2) is 0 Å². The van der Waals surface area contributed by atoms with Crippen LogP contribution in [0.25, 0.3) is 11.3 Å². The minimum absolute atomic E-state index is 0.250. The van der Waals surface area contributed by atoms with E-state index >= 15 is 0 Å². The zero-order valence-electron chi connectivity index (χ0n) is 11.3. The number of anilines is 1. The number of benzene rings is 1. The lowest BCUT2D eigenvalue weighted by Gasteiger charge is -2.25. The summed E-state index contributed by atoms with van der Waals surface area (Å²) in [6.07, 6.45) is 2.73. The fraction of sp³-hybridized carbons (Fsp3) is 0.333. The first-order valence-corrected chi connectivity index (χ1v) is 6.92. The van der Waals surface area contributed by atoms with Gasteiger partial charge in [-0.1, -0.05) is 6.07 Å². The average Bonchev–Trinajstić information content (AvgIpc) is 2.77. The molecular weight excluding hydrogens is 252 g/mol. The number of aromatic hydroxyl groups is 1. The van der Waals surface area contributed by atoms with Gasteiger partial charge in [0.1, 0.15) is 5.75 Å². The summed E-state index contributed by atoms with van der Waals surface area (Å²) in [4.78, 5) is 2.30. The molecule has 0 aliphatic carbocycles. The Hall–Kier alpha value is -2.14. The van der Waals surface area contributed by atoms with Crippen molar-refractivity contribution in [2.75, 3.05) is 31.1 Å². The second-order valence-corrected chi connectivity index (χ2v) is 4.87. The van der Waals surface area contributed by atoms with E-state index in [1.807, 2.05) is 24.3 Å². The lowest BCUT2D eigenvalue weighted by atomic mass is 10.1. The van der Waals surface area contributed by atoms with Gasteiger partial charge >= 0.3 is 0 Å². The molecule has 104 valence electrons. The first kappa shape index (κ1) is 12.9. The summed E-state index contributed by atoms with van der Waals surface area (Å²) in [5.74, 6) is 0.250. The average molecular weight is 270 g/mol. The summed E-state index contributed by atoms with van der Waals surface area (Å²) in [5.41, 5.74) is 2.49. The van der Waals surface area contributed by atoms with Crippen molar-refractivity contribution in [2.24, 2.45) is 0 Å². The molecule has 0 unspecified atom stereocenters. The molecule has 0 spiro atoms. The molecule has 0 radical (unpaired) electrons. The van der Waals surface area contributed by atoms with E-state index in [-0.39, 0.29) is 5.75 Å². The molecule has 0 atom stereocenters. The summed E-state index contributed by atoms with van der Waals surface area (Å²) in [5, 5.41) is 21.7. The van der Waals surface area contributed by atoms with Gasteiger partial charge in [-0.3, -0.25) is 0 Å². The van der Waals surface area contributed by atoms with Crippen LogP contribution in [0, 0.1) is 0 Å². The number of phenols is 1. The highest BCUT2D eigenvalue weighted by atomic mass is 16.3. The molecule has 2 N–H and O–H groups in total. The van der Waals surface area contributed by atoms with Gasteiger partial charge < -0.3 is 15.3 Å². The highest BCUT2D eigenvalue weighted by Gasteiger charge is 2.18. The minimum atomic E-state index is 0.250. The Bertz CT molecular complexity index is 565. The van der Waals surface area contributed by atoms with Gasteiger partial charge in [-0.25, -0.2) is 0 Å². The van der Waals surface area contributed by atoms with Crippen molar-refractivity contribution in [3.8, 4) is 17.0 Å². The molecule has 5 nitrogen and oxygen atoms in total. The summed E-state index contributed by atoms with van der Waals surface area (Å²) in [6.45, 7) is 3.89. The third kappa shape index (κ3) is 2.58.